The lowest BCUT2D eigenvalue weighted by Crippen LogP contribution is -2.38. The van der Waals surface area contributed by atoms with Gasteiger partial charge < -0.3 is 14.2 Å². The van der Waals surface area contributed by atoms with E-state index in [9.17, 15) is 5.26 Å². The summed E-state index contributed by atoms with van der Waals surface area (Å²) in [5.74, 6) is 1.47. The molecule has 19 heavy (non-hydrogen) atoms. The summed E-state index contributed by atoms with van der Waals surface area (Å²) in [4.78, 5) is 2.13. The van der Waals surface area contributed by atoms with E-state index in [1.165, 1.54) is 0 Å². The summed E-state index contributed by atoms with van der Waals surface area (Å²) in [6, 6.07) is 7.79. The summed E-state index contributed by atoms with van der Waals surface area (Å²) in [5.41, 5.74) is 0.948. The second-order valence-corrected chi connectivity index (χ2v) is 4.29. The van der Waals surface area contributed by atoms with E-state index in [4.69, 9.17) is 14.2 Å². The van der Waals surface area contributed by atoms with E-state index in [1.807, 2.05) is 18.2 Å². The van der Waals surface area contributed by atoms with Gasteiger partial charge in [0.25, 0.3) is 0 Å². The summed E-state index contributed by atoms with van der Waals surface area (Å²) < 4.78 is 15.9. The maximum absolute atomic E-state index is 9.38. The number of halogens is 1. The Morgan fingerprint density at radius 1 is 1.16 bits per heavy atom. The van der Waals surface area contributed by atoms with E-state index in [-0.39, 0.29) is 25.2 Å². The van der Waals surface area contributed by atoms with Crippen molar-refractivity contribution in [3.8, 4) is 17.6 Å². The normalized spacial score (nSPS) is 19.3. The summed E-state index contributed by atoms with van der Waals surface area (Å²) in [7, 11) is 0. The van der Waals surface area contributed by atoms with Crippen molar-refractivity contribution < 1.29 is 14.2 Å². The molecule has 0 radical (unpaired) electrons. The largest absolute Gasteiger partial charge is 0.454 e. The predicted octanol–water partition coefficient (Wildman–Crippen LogP) is 1.73. The van der Waals surface area contributed by atoms with Gasteiger partial charge in [0.1, 0.15) is 6.04 Å². The second kappa shape index (κ2) is 6.11. The maximum atomic E-state index is 9.38. The molecular weight excluding hydrogens is 268 g/mol. The van der Waals surface area contributed by atoms with Gasteiger partial charge in [-0.15, -0.1) is 12.4 Å². The van der Waals surface area contributed by atoms with Crippen LogP contribution < -0.4 is 9.47 Å². The number of hydrogen-bond acceptors (Lipinski definition) is 5. The minimum absolute atomic E-state index is 0. The van der Waals surface area contributed by atoms with E-state index < -0.39 is 0 Å². The van der Waals surface area contributed by atoms with Gasteiger partial charge in [-0.1, -0.05) is 6.07 Å². The van der Waals surface area contributed by atoms with Crippen LogP contribution in [-0.2, 0) is 4.74 Å². The molecular formula is C13H15ClN2O3. The quantitative estimate of drug-likeness (QED) is 0.827. The van der Waals surface area contributed by atoms with Crippen molar-refractivity contribution in [1.82, 2.24) is 4.90 Å². The first kappa shape index (κ1) is 13.9. The first-order valence-corrected chi connectivity index (χ1v) is 5.99. The molecule has 0 saturated carbocycles. The van der Waals surface area contributed by atoms with Crippen molar-refractivity contribution in [3.05, 3.63) is 23.8 Å². The third kappa shape index (κ3) is 2.76. The molecule has 1 aromatic carbocycles. The molecule has 3 rings (SSSR count). The molecule has 1 fully saturated rings. The molecule has 1 saturated heterocycles. The van der Waals surface area contributed by atoms with E-state index in [1.54, 1.807) is 0 Å². The Labute approximate surface area is 118 Å². The van der Waals surface area contributed by atoms with E-state index in [0.717, 1.165) is 30.2 Å². The Kier molecular flexibility index (Phi) is 4.48. The number of morpholine rings is 1. The Morgan fingerprint density at radius 3 is 2.63 bits per heavy atom. The fourth-order valence-corrected chi connectivity index (χ4v) is 2.29. The third-order valence-corrected chi connectivity index (χ3v) is 3.25. The smallest absolute Gasteiger partial charge is 0.231 e. The molecule has 1 atom stereocenters. The molecule has 1 unspecified atom stereocenters. The molecule has 0 amide bonds. The van der Waals surface area contributed by atoms with Crippen molar-refractivity contribution >= 4 is 12.4 Å². The highest BCUT2D eigenvalue weighted by Gasteiger charge is 2.24. The molecule has 0 bridgehead atoms. The monoisotopic (exact) mass is 282 g/mol. The summed E-state index contributed by atoms with van der Waals surface area (Å²) >= 11 is 0. The molecule has 102 valence electrons. The Balaban J connectivity index is 0.00000133. The SMILES string of the molecule is Cl.N#CC(c1ccc2c(c1)OCO2)N1CCOCC1. The van der Waals surface area contributed by atoms with Crippen molar-refractivity contribution in [1.29, 1.82) is 5.26 Å². The number of rotatable bonds is 2. The molecule has 0 N–H and O–H groups in total. The number of benzene rings is 1. The van der Waals surface area contributed by atoms with Gasteiger partial charge in [0.15, 0.2) is 11.5 Å². The Hall–Kier alpha value is -1.48. The predicted molar refractivity (Wildman–Crippen MR) is 70.6 cm³/mol. The fourth-order valence-electron chi connectivity index (χ4n) is 2.29. The van der Waals surface area contributed by atoms with Gasteiger partial charge in [-0.3, -0.25) is 4.90 Å². The van der Waals surface area contributed by atoms with Crippen LogP contribution in [0.25, 0.3) is 0 Å². The standard InChI is InChI=1S/C13H14N2O3.ClH/c14-8-11(15-3-5-16-6-4-15)10-1-2-12-13(7-10)18-9-17-12;/h1-2,7,11H,3-6,9H2;1H. The summed E-state index contributed by atoms with van der Waals surface area (Å²) in [6.07, 6.45) is 0. The van der Waals surface area contributed by atoms with Crippen molar-refractivity contribution in [2.24, 2.45) is 0 Å². The van der Waals surface area contributed by atoms with Gasteiger partial charge >= 0.3 is 0 Å². The zero-order chi connectivity index (χ0) is 12.4. The van der Waals surface area contributed by atoms with Crippen LogP contribution in [0.2, 0.25) is 0 Å². The van der Waals surface area contributed by atoms with Crippen molar-refractivity contribution in [2.75, 3.05) is 33.1 Å². The first-order valence-electron chi connectivity index (χ1n) is 5.99. The number of fused-ring (bicyclic) bond motifs is 1. The number of nitrogens with zero attached hydrogens (tertiary/aromatic N) is 2. The molecule has 2 aliphatic heterocycles. The van der Waals surface area contributed by atoms with Crippen LogP contribution in [0, 0.1) is 11.3 Å². The molecule has 2 aliphatic rings. The number of ether oxygens (including phenoxy) is 3. The van der Waals surface area contributed by atoms with E-state index in [2.05, 4.69) is 11.0 Å². The lowest BCUT2D eigenvalue weighted by Gasteiger charge is -2.30. The van der Waals surface area contributed by atoms with Gasteiger partial charge in [0.05, 0.1) is 19.3 Å². The average molecular weight is 283 g/mol. The number of hydrogen-bond donors (Lipinski definition) is 0. The van der Waals surface area contributed by atoms with E-state index >= 15 is 0 Å². The van der Waals surface area contributed by atoms with Crippen LogP contribution in [0.3, 0.4) is 0 Å². The van der Waals surface area contributed by atoms with E-state index in [0.29, 0.717) is 13.2 Å². The highest BCUT2D eigenvalue weighted by atomic mass is 35.5. The highest BCUT2D eigenvalue weighted by Crippen LogP contribution is 2.35. The molecule has 0 spiro atoms. The molecule has 5 nitrogen and oxygen atoms in total. The van der Waals surface area contributed by atoms with Crippen LogP contribution in [0.4, 0.5) is 0 Å². The molecule has 6 heteroatoms. The zero-order valence-electron chi connectivity index (χ0n) is 10.4. The van der Waals surface area contributed by atoms with Gasteiger partial charge in [-0.2, -0.15) is 5.26 Å². The van der Waals surface area contributed by atoms with Crippen molar-refractivity contribution in [3.63, 3.8) is 0 Å². The van der Waals surface area contributed by atoms with Crippen LogP contribution >= 0.6 is 12.4 Å². The van der Waals surface area contributed by atoms with Crippen LogP contribution in [0.5, 0.6) is 11.5 Å². The minimum Gasteiger partial charge on any atom is -0.454 e. The minimum atomic E-state index is -0.247. The third-order valence-electron chi connectivity index (χ3n) is 3.25. The molecule has 0 aromatic heterocycles. The Morgan fingerprint density at radius 2 is 1.89 bits per heavy atom. The lowest BCUT2D eigenvalue weighted by atomic mass is 10.1. The second-order valence-electron chi connectivity index (χ2n) is 4.29. The molecule has 0 aliphatic carbocycles. The van der Waals surface area contributed by atoms with Gasteiger partial charge in [-0.05, 0) is 17.7 Å². The van der Waals surface area contributed by atoms with Crippen LogP contribution in [0.15, 0.2) is 18.2 Å². The van der Waals surface area contributed by atoms with Gasteiger partial charge in [0.2, 0.25) is 6.79 Å². The fraction of sp³-hybridized carbons (Fsp3) is 0.462. The van der Waals surface area contributed by atoms with Gasteiger partial charge in [-0.25, -0.2) is 0 Å². The maximum Gasteiger partial charge on any atom is 0.231 e. The van der Waals surface area contributed by atoms with Crippen LogP contribution in [0.1, 0.15) is 11.6 Å². The first-order chi connectivity index (χ1) is 8.88. The van der Waals surface area contributed by atoms with Crippen LogP contribution in [-0.4, -0.2) is 38.0 Å². The Bertz CT molecular complexity index is 483. The summed E-state index contributed by atoms with van der Waals surface area (Å²) in [6.45, 7) is 3.19. The van der Waals surface area contributed by atoms with Crippen molar-refractivity contribution in [2.45, 2.75) is 6.04 Å². The number of nitriles is 1. The summed E-state index contributed by atoms with van der Waals surface area (Å²) in [5, 5.41) is 9.38. The topological polar surface area (TPSA) is 54.7 Å². The molecule has 2 heterocycles. The average Bonchev–Trinajstić information content (AvgIpc) is 2.88. The van der Waals surface area contributed by atoms with Gasteiger partial charge in [0, 0.05) is 13.1 Å². The lowest BCUT2D eigenvalue weighted by molar-refractivity contribution is 0.0266. The molecule has 1 aromatic rings. The zero-order valence-corrected chi connectivity index (χ0v) is 11.2. The highest BCUT2D eigenvalue weighted by molar-refractivity contribution is 5.85.